The topological polar surface area (TPSA) is 37.3 Å². The minimum atomic E-state index is -0.577. The second-order valence-electron chi connectivity index (χ2n) is 5.57. The number of carbonyl (C=O) groups is 1. The molecule has 0 amide bonds. The van der Waals surface area contributed by atoms with Crippen LogP contribution in [0.4, 0.5) is 0 Å². The van der Waals surface area contributed by atoms with Crippen molar-refractivity contribution in [2.24, 2.45) is 23.7 Å². The summed E-state index contributed by atoms with van der Waals surface area (Å²) in [7, 11) is 0. The molecule has 2 rings (SSSR count). The van der Waals surface area contributed by atoms with E-state index < -0.39 is 5.97 Å². The Morgan fingerprint density at radius 2 is 1.88 bits per heavy atom. The molecule has 16 heavy (non-hydrogen) atoms. The Morgan fingerprint density at radius 3 is 2.56 bits per heavy atom. The van der Waals surface area contributed by atoms with Crippen molar-refractivity contribution < 1.29 is 9.90 Å². The van der Waals surface area contributed by atoms with Crippen LogP contribution in [0.25, 0.3) is 0 Å². The van der Waals surface area contributed by atoms with Crippen molar-refractivity contribution in [3.8, 4) is 0 Å². The number of hydrogen-bond donors (Lipinski definition) is 1. The predicted octanol–water partition coefficient (Wildman–Crippen LogP) is 3.48. The summed E-state index contributed by atoms with van der Waals surface area (Å²) in [5, 5.41) is 9.05. The minimum Gasteiger partial charge on any atom is -0.481 e. The van der Waals surface area contributed by atoms with Gasteiger partial charge in [-0.05, 0) is 62.7 Å². The number of carboxylic acids is 1. The van der Waals surface area contributed by atoms with Gasteiger partial charge in [-0.2, -0.15) is 0 Å². The predicted molar refractivity (Wildman–Crippen MR) is 64.1 cm³/mol. The Balaban J connectivity index is 1.89. The van der Waals surface area contributed by atoms with E-state index in [-0.39, 0.29) is 5.92 Å². The SMILES string of the molecule is C=CCC1CCC2C[C@H](C(=O)O)CC[C@@H]2C1. The fourth-order valence-electron chi connectivity index (χ4n) is 3.66. The zero-order valence-corrected chi connectivity index (χ0v) is 9.90. The molecule has 0 aromatic carbocycles. The van der Waals surface area contributed by atoms with Crippen LogP contribution in [0, 0.1) is 23.7 Å². The van der Waals surface area contributed by atoms with Crippen LogP contribution in [0.3, 0.4) is 0 Å². The molecule has 2 saturated carbocycles. The van der Waals surface area contributed by atoms with Gasteiger partial charge in [0, 0.05) is 0 Å². The van der Waals surface area contributed by atoms with Gasteiger partial charge in [-0.3, -0.25) is 4.79 Å². The Kier molecular flexibility index (Phi) is 3.67. The van der Waals surface area contributed by atoms with Crippen LogP contribution in [0.2, 0.25) is 0 Å². The molecular formula is C14H22O2. The average molecular weight is 222 g/mol. The lowest BCUT2D eigenvalue weighted by atomic mass is 9.64. The highest BCUT2D eigenvalue weighted by atomic mass is 16.4. The van der Waals surface area contributed by atoms with Gasteiger partial charge < -0.3 is 5.11 Å². The quantitative estimate of drug-likeness (QED) is 0.742. The molecule has 0 saturated heterocycles. The number of aliphatic carboxylic acids is 1. The second kappa shape index (κ2) is 5.03. The van der Waals surface area contributed by atoms with Crippen molar-refractivity contribution in [3.05, 3.63) is 12.7 Å². The Hall–Kier alpha value is -0.790. The molecule has 2 nitrogen and oxygen atoms in total. The summed E-state index contributed by atoms with van der Waals surface area (Å²) in [5.41, 5.74) is 0. The summed E-state index contributed by atoms with van der Waals surface area (Å²) in [6.07, 6.45) is 9.97. The van der Waals surface area contributed by atoms with Crippen LogP contribution in [-0.2, 0) is 4.79 Å². The van der Waals surface area contributed by atoms with Crippen LogP contribution in [0.15, 0.2) is 12.7 Å². The van der Waals surface area contributed by atoms with E-state index in [9.17, 15) is 4.79 Å². The van der Waals surface area contributed by atoms with Crippen molar-refractivity contribution in [2.45, 2.75) is 44.9 Å². The molecule has 2 aliphatic rings. The van der Waals surface area contributed by atoms with E-state index in [2.05, 4.69) is 6.58 Å². The van der Waals surface area contributed by atoms with Gasteiger partial charge in [0.25, 0.3) is 0 Å². The van der Waals surface area contributed by atoms with Crippen LogP contribution < -0.4 is 0 Å². The van der Waals surface area contributed by atoms with Crippen molar-refractivity contribution in [2.75, 3.05) is 0 Å². The summed E-state index contributed by atoms with van der Waals surface area (Å²) in [5.74, 6) is 1.68. The van der Waals surface area contributed by atoms with Gasteiger partial charge in [-0.1, -0.05) is 6.08 Å². The number of allylic oxidation sites excluding steroid dienone is 1. The molecule has 2 aliphatic carbocycles. The first-order chi connectivity index (χ1) is 7.70. The molecule has 2 heteroatoms. The van der Waals surface area contributed by atoms with Crippen molar-refractivity contribution in [1.82, 2.24) is 0 Å². The van der Waals surface area contributed by atoms with Gasteiger partial charge in [0.05, 0.1) is 5.92 Å². The summed E-state index contributed by atoms with van der Waals surface area (Å²) < 4.78 is 0. The lowest BCUT2D eigenvalue weighted by Gasteiger charge is -2.41. The Morgan fingerprint density at radius 1 is 1.19 bits per heavy atom. The van der Waals surface area contributed by atoms with E-state index in [4.69, 9.17) is 5.11 Å². The first-order valence-corrected chi connectivity index (χ1v) is 6.54. The van der Waals surface area contributed by atoms with Gasteiger partial charge in [-0.25, -0.2) is 0 Å². The van der Waals surface area contributed by atoms with Crippen LogP contribution in [0.1, 0.15) is 44.9 Å². The van der Waals surface area contributed by atoms with E-state index in [0.29, 0.717) is 5.92 Å². The molecule has 0 heterocycles. The molecule has 0 aromatic heterocycles. The largest absolute Gasteiger partial charge is 0.481 e. The molecule has 1 N–H and O–H groups in total. The third-order valence-corrected chi connectivity index (χ3v) is 4.57. The lowest BCUT2D eigenvalue weighted by molar-refractivity contribution is -0.144. The monoisotopic (exact) mass is 222 g/mol. The second-order valence-corrected chi connectivity index (χ2v) is 5.57. The smallest absolute Gasteiger partial charge is 0.306 e. The normalized spacial score (nSPS) is 38.8. The Labute approximate surface area is 97.7 Å². The van der Waals surface area contributed by atoms with E-state index in [1.54, 1.807) is 0 Å². The van der Waals surface area contributed by atoms with E-state index in [0.717, 1.165) is 37.5 Å². The molecule has 2 unspecified atom stereocenters. The highest BCUT2D eigenvalue weighted by Crippen LogP contribution is 2.45. The van der Waals surface area contributed by atoms with Gasteiger partial charge >= 0.3 is 5.97 Å². The van der Waals surface area contributed by atoms with Crippen LogP contribution in [-0.4, -0.2) is 11.1 Å². The fraction of sp³-hybridized carbons (Fsp3) is 0.786. The van der Waals surface area contributed by atoms with Gasteiger partial charge in [-0.15, -0.1) is 6.58 Å². The molecule has 0 aliphatic heterocycles. The molecule has 2 fully saturated rings. The molecule has 4 atom stereocenters. The van der Waals surface area contributed by atoms with Crippen LogP contribution >= 0.6 is 0 Å². The highest BCUT2D eigenvalue weighted by molar-refractivity contribution is 5.70. The van der Waals surface area contributed by atoms with Crippen molar-refractivity contribution >= 4 is 5.97 Å². The van der Waals surface area contributed by atoms with E-state index >= 15 is 0 Å². The zero-order valence-electron chi connectivity index (χ0n) is 9.90. The molecule has 90 valence electrons. The third kappa shape index (κ3) is 2.47. The summed E-state index contributed by atoms with van der Waals surface area (Å²) in [6, 6.07) is 0. The maximum Gasteiger partial charge on any atom is 0.306 e. The molecule has 0 spiro atoms. The van der Waals surface area contributed by atoms with E-state index in [1.165, 1.54) is 19.3 Å². The Bertz CT molecular complexity index is 272. The van der Waals surface area contributed by atoms with Crippen molar-refractivity contribution in [3.63, 3.8) is 0 Å². The first-order valence-electron chi connectivity index (χ1n) is 6.54. The van der Waals surface area contributed by atoms with Gasteiger partial charge in [0.15, 0.2) is 0 Å². The van der Waals surface area contributed by atoms with Gasteiger partial charge in [0.1, 0.15) is 0 Å². The number of rotatable bonds is 3. The zero-order chi connectivity index (χ0) is 11.5. The van der Waals surface area contributed by atoms with Gasteiger partial charge in [0.2, 0.25) is 0 Å². The van der Waals surface area contributed by atoms with Crippen LogP contribution in [0.5, 0.6) is 0 Å². The van der Waals surface area contributed by atoms with Crippen molar-refractivity contribution in [1.29, 1.82) is 0 Å². The average Bonchev–Trinajstić information content (AvgIpc) is 2.28. The third-order valence-electron chi connectivity index (χ3n) is 4.57. The highest BCUT2D eigenvalue weighted by Gasteiger charge is 2.37. The molecule has 0 bridgehead atoms. The maximum absolute atomic E-state index is 11.0. The molecule has 0 radical (unpaired) electrons. The minimum absolute atomic E-state index is 0.0581. The maximum atomic E-state index is 11.0. The number of carboxylic acid groups (broad SMARTS) is 1. The lowest BCUT2D eigenvalue weighted by Crippen LogP contribution is -2.33. The standard InChI is InChI=1S/C14H22O2/c1-2-3-10-4-5-12-9-13(14(15)16)7-6-11(12)8-10/h2,10-13H,1,3-9H2,(H,15,16)/t10?,11-,12?,13-/m1/s1. The fourth-order valence-corrected chi connectivity index (χ4v) is 3.66. The summed E-state index contributed by atoms with van der Waals surface area (Å²) in [4.78, 5) is 11.0. The first kappa shape index (κ1) is 11.7. The number of hydrogen-bond acceptors (Lipinski definition) is 1. The number of fused-ring (bicyclic) bond motifs is 1. The summed E-state index contributed by atoms with van der Waals surface area (Å²) >= 11 is 0. The molecular weight excluding hydrogens is 200 g/mol. The summed E-state index contributed by atoms with van der Waals surface area (Å²) in [6.45, 7) is 3.82. The molecule has 0 aromatic rings. The van der Waals surface area contributed by atoms with E-state index in [1.807, 2.05) is 6.08 Å².